The normalized spacial score (nSPS) is 10.9. The lowest BCUT2D eigenvalue weighted by molar-refractivity contribution is 0.684. The third-order valence-corrected chi connectivity index (χ3v) is 2.84. The van der Waals surface area contributed by atoms with E-state index < -0.39 is 0 Å². The second-order valence-corrected chi connectivity index (χ2v) is 3.98. The zero-order chi connectivity index (χ0) is 11.5. The molecule has 0 saturated heterocycles. The average Bonchev–Trinajstić information content (AvgIpc) is 2.82. The van der Waals surface area contributed by atoms with E-state index in [2.05, 4.69) is 27.5 Å². The maximum atomic E-state index is 4.38. The molecule has 0 aromatic carbocycles. The molecule has 0 aliphatic heterocycles. The first kappa shape index (κ1) is 10.9. The van der Waals surface area contributed by atoms with E-state index in [0.29, 0.717) is 0 Å². The predicted octanol–water partition coefficient (Wildman–Crippen LogP) is 1.05. The van der Waals surface area contributed by atoms with Crippen LogP contribution >= 0.6 is 0 Å². The van der Waals surface area contributed by atoms with E-state index in [1.807, 2.05) is 31.0 Å². The zero-order valence-electron chi connectivity index (χ0n) is 9.91. The number of hydrogen-bond acceptors (Lipinski definition) is 3. The Hall–Kier alpha value is -1.62. The highest BCUT2D eigenvalue weighted by atomic mass is 15.3. The number of aromatic amines is 1. The molecule has 0 spiro atoms. The number of aryl methyl sites for hydroxylation is 2. The van der Waals surface area contributed by atoms with Gasteiger partial charge >= 0.3 is 0 Å². The molecule has 16 heavy (non-hydrogen) atoms. The molecule has 5 nitrogen and oxygen atoms in total. The minimum Gasteiger partial charge on any atom is -0.308 e. The number of aromatic nitrogens is 4. The molecule has 86 valence electrons. The van der Waals surface area contributed by atoms with Crippen molar-refractivity contribution in [2.75, 3.05) is 0 Å². The van der Waals surface area contributed by atoms with Gasteiger partial charge in [-0.25, -0.2) is 0 Å². The first-order valence-corrected chi connectivity index (χ1v) is 5.36. The summed E-state index contributed by atoms with van der Waals surface area (Å²) < 4.78 is 1.92. The van der Waals surface area contributed by atoms with Crippen LogP contribution in [0.15, 0.2) is 12.4 Å². The molecule has 0 fully saturated rings. The van der Waals surface area contributed by atoms with Gasteiger partial charge in [-0.15, -0.1) is 0 Å². The van der Waals surface area contributed by atoms with Gasteiger partial charge in [0.05, 0.1) is 11.9 Å². The Balaban J connectivity index is 1.95. The van der Waals surface area contributed by atoms with Gasteiger partial charge in [0.25, 0.3) is 0 Å². The summed E-state index contributed by atoms with van der Waals surface area (Å²) in [7, 11) is 1.97. The minimum atomic E-state index is 0.824. The van der Waals surface area contributed by atoms with Gasteiger partial charge in [-0.2, -0.15) is 10.2 Å². The lowest BCUT2D eigenvalue weighted by Crippen LogP contribution is -2.13. The van der Waals surface area contributed by atoms with Crippen molar-refractivity contribution in [3.05, 3.63) is 34.9 Å². The van der Waals surface area contributed by atoms with Gasteiger partial charge in [0.15, 0.2) is 0 Å². The fourth-order valence-electron chi connectivity index (χ4n) is 1.78. The highest BCUT2D eigenvalue weighted by molar-refractivity contribution is 5.24. The Bertz CT molecular complexity index is 455. The smallest absolute Gasteiger partial charge is 0.0641 e. The molecular formula is C11H17N5. The lowest BCUT2D eigenvalue weighted by atomic mass is 10.2. The van der Waals surface area contributed by atoms with Crippen LogP contribution in [0, 0.1) is 13.8 Å². The molecule has 0 unspecified atom stereocenters. The first-order valence-electron chi connectivity index (χ1n) is 5.36. The molecule has 5 heteroatoms. The van der Waals surface area contributed by atoms with Crippen molar-refractivity contribution in [3.63, 3.8) is 0 Å². The summed E-state index contributed by atoms with van der Waals surface area (Å²) in [5.41, 5.74) is 4.77. The van der Waals surface area contributed by atoms with Crippen LogP contribution in [0.25, 0.3) is 0 Å². The number of hydrogen-bond donors (Lipinski definition) is 2. The van der Waals surface area contributed by atoms with Crippen LogP contribution in [0.4, 0.5) is 0 Å². The molecule has 0 atom stereocenters. The summed E-state index contributed by atoms with van der Waals surface area (Å²) in [5, 5.41) is 14.5. The maximum Gasteiger partial charge on any atom is 0.0641 e. The number of rotatable bonds is 4. The van der Waals surface area contributed by atoms with Gasteiger partial charge in [-0.05, 0) is 13.8 Å². The number of nitrogens with one attached hydrogen (secondary N) is 2. The molecule has 0 amide bonds. The topological polar surface area (TPSA) is 58.5 Å². The van der Waals surface area contributed by atoms with Crippen LogP contribution in [0.1, 0.15) is 22.5 Å². The molecule has 2 heterocycles. The van der Waals surface area contributed by atoms with Crippen molar-refractivity contribution in [1.29, 1.82) is 0 Å². The Labute approximate surface area is 94.9 Å². The van der Waals surface area contributed by atoms with Crippen LogP contribution in [0.2, 0.25) is 0 Å². The quantitative estimate of drug-likeness (QED) is 0.808. The molecule has 0 radical (unpaired) electrons. The summed E-state index contributed by atoms with van der Waals surface area (Å²) in [6.07, 6.45) is 3.73. The predicted molar refractivity (Wildman–Crippen MR) is 61.8 cm³/mol. The molecular weight excluding hydrogens is 202 g/mol. The van der Waals surface area contributed by atoms with Crippen molar-refractivity contribution in [2.24, 2.45) is 7.05 Å². The van der Waals surface area contributed by atoms with Crippen molar-refractivity contribution in [1.82, 2.24) is 25.3 Å². The van der Waals surface area contributed by atoms with E-state index in [-0.39, 0.29) is 0 Å². The molecule has 2 aromatic heterocycles. The van der Waals surface area contributed by atoms with Gasteiger partial charge in [-0.3, -0.25) is 9.78 Å². The SMILES string of the molecule is Cc1nn(C)c(C)c1CNCc1cn[nH]c1. The van der Waals surface area contributed by atoms with Gasteiger partial charge < -0.3 is 5.32 Å². The Morgan fingerprint density at radius 3 is 2.75 bits per heavy atom. The van der Waals surface area contributed by atoms with Gasteiger partial charge in [0.1, 0.15) is 0 Å². The van der Waals surface area contributed by atoms with Gasteiger partial charge in [0, 0.05) is 43.2 Å². The van der Waals surface area contributed by atoms with Crippen LogP contribution in [-0.2, 0) is 20.1 Å². The standard InChI is InChI=1S/C11H17N5/c1-8-11(9(2)16(3)15-8)7-12-4-10-5-13-14-6-10/h5-6,12H,4,7H2,1-3H3,(H,13,14). The van der Waals surface area contributed by atoms with E-state index in [1.54, 1.807) is 0 Å². The molecule has 0 aliphatic carbocycles. The summed E-state index contributed by atoms with van der Waals surface area (Å²) in [6.45, 7) is 5.80. The monoisotopic (exact) mass is 219 g/mol. The Morgan fingerprint density at radius 1 is 1.38 bits per heavy atom. The fourth-order valence-corrected chi connectivity index (χ4v) is 1.78. The molecule has 2 aromatic rings. The molecule has 2 N–H and O–H groups in total. The van der Waals surface area contributed by atoms with E-state index >= 15 is 0 Å². The van der Waals surface area contributed by atoms with Crippen LogP contribution in [-0.4, -0.2) is 20.0 Å². The fraction of sp³-hybridized carbons (Fsp3) is 0.455. The summed E-state index contributed by atoms with van der Waals surface area (Å²) in [5.74, 6) is 0. The number of nitrogens with zero attached hydrogens (tertiary/aromatic N) is 3. The van der Waals surface area contributed by atoms with E-state index in [4.69, 9.17) is 0 Å². The highest BCUT2D eigenvalue weighted by Gasteiger charge is 2.08. The second kappa shape index (κ2) is 4.49. The number of H-pyrrole nitrogens is 1. The molecule has 0 aliphatic rings. The molecule has 0 bridgehead atoms. The first-order chi connectivity index (χ1) is 7.68. The maximum absolute atomic E-state index is 4.38. The third kappa shape index (κ3) is 2.14. The van der Waals surface area contributed by atoms with Gasteiger partial charge in [0.2, 0.25) is 0 Å². The summed E-state index contributed by atoms with van der Waals surface area (Å²) >= 11 is 0. The second-order valence-electron chi connectivity index (χ2n) is 3.98. The van der Waals surface area contributed by atoms with E-state index in [0.717, 1.165) is 18.8 Å². The molecule has 0 saturated carbocycles. The van der Waals surface area contributed by atoms with Crippen molar-refractivity contribution < 1.29 is 0 Å². The Morgan fingerprint density at radius 2 is 2.19 bits per heavy atom. The van der Waals surface area contributed by atoms with Gasteiger partial charge in [-0.1, -0.05) is 0 Å². The van der Waals surface area contributed by atoms with Crippen LogP contribution in [0.3, 0.4) is 0 Å². The molecule has 2 rings (SSSR count). The summed E-state index contributed by atoms with van der Waals surface area (Å²) in [4.78, 5) is 0. The average molecular weight is 219 g/mol. The van der Waals surface area contributed by atoms with Crippen molar-refractivity contribution in [2.45, 2.75) is 26.9 Å². The Kier molecular flexibility index (Phi) is 3.05. The highest BCUT2D eigenvalue weighted by Crippen LogP contribution is 2.11. The van der Waals surface area contributed by atoms with Crippen LogP contribution in [0.5, 0.6) is 0 Å². The minimum absolute atomic E-state index is 0.824. The summed E-state index contributed by atoms with van der Waals surface area (Å²) in [6, 6.07) is 0. The van der Waals surface area contributed by atoms with E-state index in [1.165, 1.54) is 16.8 Å². The van der Waals surface area contributed by atoms with E-state index in [9.17, 15) is 0 Å². The van der Waals surface area contributed by atoms with Crippen LogP contribution < -0.4 is 5.32 Å². The lowest BCUT2D eigenvalue weighted by Gasteiger charge is -2.03. The van der Waals surface area contributed by atoms with Crippen molar-refractivity contribution in [3.8, 4) is 0 Å². The third-order valence-electron chi connectivity index (χ3n) is 2.84. The largest absolute Gasteiger partial charge is 0.308 e. The van der Waals surface area contributed by atoms with Crippen molar-refractivity contribution >= 4 is 0 Å². The zero-order valence-corrected chi connectivity index (χ0v) is 9.91.